The molecule has 2 N–H and O–H groups in total. The molecule has 1 unspecified atom stereocenters. The number of hydrogen-bond acceptors (Lipinski definition) is 4. The average Bonchev–Trinajstić information content (AvgIpc) is 3.34. The van der Waals surface area contributed by atoms with Crippen molar-refractivity contribution in [3.8, 4) is 0 Å². The van der Waals surface area contributed by atoms with Gasteiger partial charge in [0.2, 0.25) is 0 Å². The van der Waals surface area contributed by atoms with Crippen molar-refractivity contribution in [2.24, 2.45) is 46.3 Å². The van der Waals surface area contributed by atoms with Crippen LogP contribution in [0.4, 0.5) is 9.59 Å². The second kappa shape index (κ2) is 16.8. The number of fused-ring (bicyclic) bond motifs is 5. The van der Waals surface area contributed by atoms with Gasteiger partial charge in [0.1, 0.15) is 11.7 Å². The Morgan fingerprint density at radius 1 is 0.830 bits per heavy atom. The third-order valence-electron chi connectivity index (χ3n) is 13.1. The van der Waals surface area contributed by atoms with E-state index in [-0.39, 0.29) is 23.7 Å². The number of ether oxygens (including phenoxy) is 2. The summed E-state index contributed by atoms with van der Waals surface area (Å²) in [7, 11) is 0. The van der Waals surface area contributed by atoms with Gasteiger partial charge in [0.25, 0.3) is 0 Å². The van der Waals surface area contributed by atoms with Gasteiger partial charge >= 0.3 is 12.2 Å². The van der Waals surface area contributed by atoms with Crippen LogP contribution in [0.5, 0.6) is 0 Å². The fraction of sp³-hybridized carbons (Fsp3) is 0.902. The molecule has 0 aromatic heterocycles. The van der Waals surface area contributed by atoms with Crippen LogP contribution >= 0.6 is 0 Å². The van der Waals surface area contributed by atoms with E-state index in [2.05, 4.69) is 51.3 Å². The lowest BCUT2D eigenvalue weighted by Gasteiger charge is -2.58. The van der Waals surface area contributed by atoms with Crippen LogP contribution < -0.4 is 10.6 Å². The lowest BCUT2D eigenvalue weighted by atomic mass is 9.47. The second-order valence-electron chi connectivity index (χ2n) is 18.0. The number of carbonyl (C=O) groups is 2. The molecule has 8 atom stereocenters. The molecular weight excluding hydrogens is 584 g/mol. The lowest BCUT2D eigenvalue weighted by Crippen LogP contribution is -2.51. The van der Waals surface area contributed by atoms with Crippen LogP contribution in [-0.4, -0.2) is 37.0 Å². The fourth-order valence-corrected chi connectivity index (χ4v) is 10.6. The number of nitrogens with one attached hydrogen (secondary N) is 2. The Labute approximate surface area is 288 Å². The Morgan fingerprint density at radius 3 is 2.15 bits per heavy atom. The number of unbranched alkanes of at least 4 members (excludes halogenated alkanes) is 5. The molecule has 0 saturated heterocycles. The lowest BCUT2D eigenvalue weighted by molar-refractivity contribution is -0.0581. The highest BCUT2D eigenvalue weighted by atomic mass is 16.6. The highest BCUT2D eigenvalue weighted by Crippen LogP contribution is 2.67. The molecule has 0 aromatic rings. The van der Waals surface area contributed by atoms with Gasteiger partial charge in [0.15, 0.2) is 0 Å². The van der Waals surface area contributed by atoms with Crippen molar-refractivity contribution in [3.05, 3.63) is 11.6 Å². The fourth-order valence-electron chi connectivity index (χ4n) is 10.6. The van der Waals surface area contributed by atoms with E-state index in [1.807, 2.05) is 20.8 Å². The minimum atomic E-state index is -0.456. The summed E-state index contributed by atoms with van der Waals surface area (Å²) in [5.41, 5.74) is 1.94. The topological polar surface area (TPSA) is 76.7 Å². The first-order valence-electron chi connectivity index (χ1n) is 19.8. The number of amides is 2. The number of hydrogen-bond donors (Lipinski definition) is 2. The molecule has 0 heterocycles. The molecule has 6 heteroatoms. The summed E-state index contributed by atoms with van der Waals surface area (Å²) in [4.78, 5) is 24.4. The van der Waals surface area contributed by atoms with Gasteiger partial charge in [0.05, 0.1) is 0 Å². The molecule has 3 saturated carbocycles. The van der Waals surface area contributed by atoms with Gasteiger partial charge in [-0.2, -0.15) is 0 Å². The van der Waals surface area contributed by atoms with Crippen molar-refractivity contribution in [1.82, 2.24) is 10.6 Å². The van der Waals surface area contributed by atoms with E-state index in [4.69, 9.17) is 9.47 Å². The molecule has 0 radical (unpaired) electrons. The average molecular weight is 657 g/mol. The summed E-state index contributed by atoms with van der Waals surface area (Å²) in [5, 5.41) is 5.84. The monoisotopic (exact) mass is 657 g/mol. The van der Waals surface area contributed by atoms with Gasteiger partial charge in [-0.15, -0.1) is 0 Å². The van der Waals surface area contributed by atoms with Crippen molar-refractivity contribution >= 4 is 12.2 Å². The molecule has 47 heavy (non-hydrogen) atoms. The summed E-state index contributed by atoms with van der Waals surface area (Å²) in [6.45, 7) is 19.5. The minimum Gasteiger partial charge on any atom is -0.446 e. The highest BCUT2D eigenvalue weighted by molar-refractivity contribution is 5.67. The Hall–Kier alpha value is -1.72. The van der Waals surface area contributed by atoms with Crippen LogP contribution in [0.3, 0.4) is 0 Å². The number of allylic oxidation sites excluding steroid dienone is 1. The van der Waals surface area contributed by atoms with E-state index in [1.54, 1.807) is 5.57 Å². The van der Waals surface area contributed by atoms with Gasteiger partial charge in [-0.25, -0.2) is 9.59 Å². The molecule has 6 nitrogen and oxygen atoms in total. The van der Waals surface area contributed by atoms with Crippen LogP contribution in [0.15, 0.2) is 11.6 Å². The van der Waals surface area contributed by atoms with Gasteiger partial charge in [-0.3, -0.25) is 0 Å². The number of carbonyl (C=O) groups excluding carboxylic acids is 2. The Bertz CT molecular complexity index is 1050. The molecule has 3 fully saturated rings. The quantitative estimate of drug-likeness (QED) is 0.136. The van der Waals surface area contributed by atoms with E-state index in [0.717, 1.165) is 93.3 Å². The molecule has 0 aromatic carbocycles. The first-order chi connectivity index (χ1) is 22.2. The Morgan fingerprint density at radius 2 is 1.49 bits per heavy atom. The summed E-state index contributed by atoms with van der Waals surface area (Å²) >= 11 is 0. The second-order valence-corrected chi connectivity index (χ2v) is 18.0. The number of rotatable bonds is 15. The maximum atomic E-state index is 12.7. The van der Waals surface area contributed by atoms with E-state index >= 15 is 0 Å². The van der Waals surface area contributed by atoms with Crippen molar-refractivity contribution in [3.63, 3.8) is 0 Å². The molecule has 0 spiro atoms. The largest absolute Gasteiger partial charge is 0.446 e. The SMILES string of the molecule is CC(C)CCC[C@@H](C)[C@H]1CC[C@H]2[C@@H]3CC=C4C[C@@H](OC(=O)NCCCCCCCCNC(=O)OC(C)(C)C)CC[C@]4(C)C3CC[C@]12C. The molecule has 270 valence electrons. The maximum absolute atomic E-state index is 12.7. The molecule has 4 rings (SSSR count). The minimum absolute atomic E-state index is 0.0107. The van der Waals surface area contributed by atoms with Crippen LogP contribution in [-0.2, 0) is 9.47 Å². The van der Waals surface area contributed by atoms with Crippen molar-refractivity contribution in [1.29, 1.82) is 0 Å². The maximum Gasteiger partial charge on any atom is 0.407 e. The first-order valence-corrected chi connectivity index (χ1v) is 19.8. The first kappa shape index (κ1) is 38.1. The third-order valence-corrected chi connectivity index (χ3v) is 13.1. The Kier molecular flexibility index (Phi) is 13.6. The van der Waals surface area contributed by atoms with Gasteiger partial charge in [0, 0.05) is 19.5 Å². The predicted octanol–water partition coefficient (Wildman–Crippen LogP) is 11.0. The predicted molar refractivity (Wildman–Crippen MR) is 193 cm³/mol. The Balaban J connectivity index is 1.13. The summed E-state index contributed by atoms with van der Waals surface area (Å²) in [6.07, 6.45) is 22.6. The number of alkyl carbamates (subject to hydrolysis) is 2. The molecule has 0 bridgehead atoms. The zero-order valence-corrected chi connectivity index (χ0v) is 31.7. The standard InChI is InChI=1S/C41H72N2O4/c1-29(2)16-15-17-30(3)34-20-21-35-33-19-18-31-28-32(22-24-40(31,7)36(33)23-25-41(34,35)8)46-37(44)42-26-13-11-9-10-12-14-27-43-38(45)47-39(4,5)6/h18,29-30,32-36H,9-17,19-28H2,1-8H3,(H,42,44)(H,43,45)/t30-,32+,33+,34-,35+,36?,40+,41-/m1/s1. The zero-order valence-electron chi connectivity index (χ0n) is 31.7. The van der Waals surface area contributed by atoms with E-state index in [1.165, 1.54) is 51.4 Å². The van der Waals surface area contributed by atoms with E-state index < -0.39 is 5.60 Å². The normalized spacial score (nSPS) is 32.4. The molecular formula is C41H72N2O4. The van der Waals surface area contributed by atoms with Crippen molar-refractivity contribution in [2.75, 3.05) is 13.1 Å². The van der Waals surface area contributed by atoms with Crippen LogP contribution in [0.1, 0.15) is 165 Å². The summed E-state index contributed by atoms with van der Waals surface area (Å²) in [5.74, 6) is 5.10. The molecule has 4 aliphatic rings. The molecule has 4 aliphatic carbocycles. The summed E-state index contributed by atoms with van der Waals surface area (Å²) < 4.78 is 11.2. The van der Waals surface area contributed by atoms with Crippen molar-refractivity contribution < 1.29 is 19.1 Å². The van der Waals surface area contributed by atoms with E-state index in [9.17, 15) is 9.59 Å². The highest BCUT2D eigenvalue weighted by Gasteiger charge is 2.59. The van der Waals surface area contributed by atoms with Crippen LogP contribution in [0.25, 0.3) is 0 Å². The zero-order chi connectivity index (χ0) is 34.2. The van der Waals surface area contributed by atoms with Crippen LogP contribution in [0.2, 0.25) is 0 Å². The van der Waals surface area contributed by atoms with Gasteiger partial charge in [-0.05, 0) is 125 Å². The molecule has 2 amide bonds. The van der Waals surface area contributed by atoms with E-state index in [0.29, 0.717) is 18.5 Å². The third kappa shape index (κ3) is 10.2. The van der Waals surface area contributed by atoms with Gasteiger partial charge < -0.3 is 20.1 Å². The molecule has 0 aliphatic heterocycles. The van der Waals surface area contributed by atoms with Crippen LogP contribution in [0, 0.1) is 46.3 Å². The summed E-state index contributed by atoms with van der Waals surface area (Å²) in [6, 6.07) is 0. The smallest absolute Gasteiger partial charge is 0.407 e. The van der Waals surface area contributed by atoms with Gasteiger partial charge in [-0.1, -0.05) is 91.2 Å². The van der Waals surface area contributed by atoms with Crippen molar-refractivity contribution in [2.45, 2.75) is 176 Å².